The minimum Gasteiger partial charge on any atom is -0.496 e. The second-order valence-corrected chi connectivity index (χ2v) is 9.83. The van der Waals surface area contributed by atoms with Gasteiger partial charge in [0.15, 0.2) is 5.75 Å². The number of cyclic esters (lactones) is 1. The maximum absolute atomic E-state index is 12.9. The molecule has 1 N–H and O–H groups in total. The molecule has 1 aliphatic carbocycles. The molecule has 0 aromatic heterocycles. The number of aryl methyl sites for hydroxylation is 1. The van der Waals surface area contributed by atoms with Crippen LogP contribution in [-0.4, -0.2) is 32.7 Å². The molecular formula is C24H26O7S. The number of carbonyl (C=O) groups is 1. The Labute approximate surface area is 187 Å². The second kappa shape index (κ2) is 8.26. The minimum atomic E-state index is -4.17. The van der Waals surface area contributed by atoms with Crippen LogP contribution < -0.4 is 8.92 Å². The summed E-state index contributed by atoms with van der Waals surface area (Å²) in [7, 11) is -2.70. The van der Waals surface area contributed by atoms with E-state index >= 15 is 0 Å². The van der Waals surface area contributed by atoms with Gasteiger partial charge in [0.05, 0.1) is 13.2 Å². The normalized spacial score (nSPS) is 20.3. The fourth-order valence-corrected chi connectivity index (χ4v) is 5.29. The predicted octanol–water partition coefficient (Wildman–Crippen LogP) is 4.15. The van der Waals surface area contributed by atoms with E-state index in [0.29, 0.717) is 29.7 Å². The first-order chi connectivity index (χ1) is 15.1. The number of esters is 1. The van der Waals surface area contributed by atoms with Gasteiger partial charge in [-0.15, -0.1) is 0 Å². The van der Waals surface area contributed by atoms with Crippen molar-refractivity contribution in [2.75, 3.05) is 7.11 Å². The average Bonchev–Trinajstić information content (AvgIpc) is 3.24. The monoisotopic (exact) mass is 458 g/mol. The number of fused-ring (bicyclic) bond motifs is 1. The standard InChI is InChI=1S/C24H26O7S/c1-13-5-8-17(9-6-13)32(27,28)31-21-12-19(29-4)15(3)22-20(30-24(26)23(21)22)11-16-7-10-18(25)14(16)2/h5-6,8-9,12,18,20,25H,7,10-11H2,1-4H3. The van der Waals surface area contributed by atoms with Crippen LogP contribution in [0.3, 0.4) is 0 Å². The van der Waals surface area contributed by atoms with E-state index in [-0.39, 0.29) is 16.2 Å². The number of benzene rings is 2. The third-order valence-electron chi connectivity index (χ3n) is 6.26. The van der Waals surface area contributed by atoms with E-state index in [1.54, 1.807) is 19.1 Å². The Hall–Kier alpha value is -2.84. The van der Waals surface area contributed by atoms with E-state index in [0.717, 1.165) is 23.1 Å². The third-order valence-corrected chi connectivity index (χ3v) is 7.51. The van der Waals surface area contributed by atoms with Gasteiger partial charge in [0.2, 0.25) is 0 Å². The van der Waals surface area contributed by atoms with Crippen LogP contribution in [0.1, 0.15) is 59.3 Å². The first kappa shape index (κ1) is 22.4. The van der Waals surface area contributed by atoms with Crippen molar-refractivity contribution >= 4 is 16.1 Å². The van der Waals surface area contributed by atoms with Gasteiger partial charge < -0.3 is 18.8 Å². The molecule has 2 unspecified atom stereocenters. The molecule has 0 amide bonds. The summed E-state index contributed by atoms with van der Waals surface area (Å²) in [4.78, 5) is 12.8. The summed E-state index contributed by atoms with van der Waals surface area (Å²) in [5, 5.41) is 10.1. The minimum absolute atomic E-state index is 0.0139. The highest BCUT2D eigenvalue weighted by Gasteiger charge is 2.39. The smallest absolute Gasteiger partial charge is 0.343 e. The van der Waals surface area contributed by atoms with Crippen molar-refractivity contribution in [3.05, 3.63) is 63.7 Å². The van der Waals surface area contributed by atoms with E-state index in [2.05, 4.69) is 0 Å². The summed E-state index contributed by atoms with van der Waals surface area (Å²) < 4.78 is 42.3. The lowest BCUT2D eigenvalue weighted by molar-refractivity contribution is 0.0384. The number of methoxy groups -OCH3 is 1. The van der Waals surface area contributed by atoms with Crippen molar-refractivity contribution in [1.82, 2.24) is 0 Å². The van der Waals surface area contributed by atoms with Gasteiger partial charge in [-0.25, -0.2) is 4.79 Å². The Morgan fingerprint density at radius 3 is 2.41 bits per heavy atom. The molecule has 8 heteroatoms. The molecule has 0 bridgehead atoms. The molecular weight excluding hydrogens is 432 g/mol. The van der Waals surface area contributed by atoms with Gasteiger partial charge in [-0.1, -0.05) is 23.3 Å². The molecule has 0 spiro atoms. The van der Waals surface area contributed by atoms with Gasteiger partial charge in [-0.3, -0.25) is 0 Å². The molecule has 0 saturated heterocycles. The summed E-state index contributed by atoms with van der Waals surface area (Å²) in [6, 6.07) is 7.67. The molecule has 0 saturated carbocycles. The van der Waals surface area contributed by atoms with Gasteiger partial charge in [0.25, 0.3) is 0 Å². The number of aliphatic hydroxyl groups excluding tert-OH is 1. The number of rotatable bonds is 6. The quantitative estimate of drug-likeness (QED) is 0.394. The summed E-state index contributed by atoms with van der Waals surface area (Å²) in [5.74, 6) is -0.354. The molecule has 0 fully saturated rings. The maximum atomic E-state index is 12.9. The summed E-state index contributed by atoms with van der Waals surface area (Å²) in [6.07, 6.45) is 0.720. The van der Waals surface area contributed by atoms with Crippen LogP contribution in [0.2, 0.25) is 0 Å². The molecule has 2 aromatic rings. The van der Waals surface area contributed by atoms with Crippen LogP contribution in [0.25, 0.3) is 0 Å². The van der Waals surface area contributed by atoms with Crippen molar-refractivity contribution in [2.24, 2.45) is 0 Å². The van der Waals surface area contributed by atoms with Gasteiger partial charge in [0.1, 0.15) is 22.3 Å². The molecule has 2 atom stereocenters. The van der Waals surface area contributed by atoms with Gasteiger partial charge in [0, 0.05) is 18.1 Å². The van der Waals surface area contributed by atoms with E-state index in [1.807, 2.05) is 13.8 Å². The number of carbonyl (C=O) groups excluding carboxylic acids is 1. The van der Waals surface area contributed by atoms with Crippen LogP contribution in [0, 0.1) is 13.8 Å². The van der Waals surface area contributed by atoms with Gasteiger partial charge in [-0.2, -0.15) is 8.42 Å². The SMILES string of the molecule is COc1cc(OS(=O)(=O)c2ccc(C)cc2)c2c(c1C)C(CC1=C(C)C(O)CC1)OC2=O. The van der Waals surface area contributed by atoms with Crippen LogP contribution in [0.15, 0.2) is 46.4 Å². The van der Waals surface area contributed by atoms with Crippen molar-refractivity contribution in [1.29, 1.82) is 0 Å². The first-order valence-corrected chi connectivity index (χ1v) is 11.8. The van der Waals surface area contributed by atoms with Gasteiger partial charge >= 0.3 is 16.1 Å². The van der Waals surface area contributed by atoms with Crippen LogP contribution in [0.4, 0.5) is 0 Å². The van der Waals surface area contributed by atoms with Crippen LogP contribution in [0.5, 0.6) is 11.5 Å². The zero-order valence-electron chi connectivity index (χ0n) is 18.5. The zero-order valence-corrected chi connectivity index (χ0v) is 19.3. The fourth-order valence-electron chi connectivity index (χ4n) is 4.35. The van der Waals surface area contributed by atoms with Crippen molar-refractivity contribution in [3.8, 4) is 11.5 Å². The summed E-state index contributed by atoms with van der Waals surface area (Å²) in [5.41, 5.74) is 4.20. The maximum Gasteiger partial charge on any atom is 0.343 e. The Kier molecular flexibility index (Phi) is 5.77. The lowest BCUT2D eigenvalue weighted by Gasteiger charge is -2.17. The molecule has 2 aliphatic rings. The number of aliphatic hydroxyl groups is 1. The summed E-state index contributed by atoms with van der Waals surface area (Å²) in [6.45, 7) is 5.53. The molecule has 170 valence electrons. The molecule has 4 rings (SSSR count). The molecule has 1 aliphatic heterocycles. The molecule has 1 heterocycles. The predicted molar refractivity (Wildman–Crippen MR) is 117 cm³/mol. The topological polar surface area (TPSA) is 99.1 Å². The Balaban J connectivity index is 1.77. The first-order valence-electron chi connectivity index (χ1n) is 10.4. The highest BCUT2D eigenvalue weighted by atomic mass is 32.2. The second-order valence-electron chi connectivity index (χ2n) is 8.28. The van der Waals surface area contributed by atoms with E-state index in [1.165, 1.54) is 25.3 Å². The van der Waals surface area contributed by atoms with Gasteiger partial charge in [-0.05, 0) is 56.9 Å². The largest absolute Gasteiger partial charge is 0.496 e. The number of hydrogen-bond acceptors (Lipinski definition) is 7. The third kappa shape index (κ3) is 3.89. The molecule has 32 heavy (non-hydrogen) atoms. The van der Waals surface area contributed by atoms with Crippen molar-refractivity contribution in [2.45, 2.75) is 57.1 Å². The van der Waals surface area contributed by atoms with Crippen molar-refractivity contribution < 1.29 is 32.0 Å². The molecule has 0 radical (unpaired) electrons. The van der Waals surface area contributed by atoms with Crippen molar-refractivity contribution in [3.63, 3.8) is 0 Å². The fraction of sp³-hybridized carbons (Fsp3) is 0.375. The molecule has 2 aromatic carbocycles. The highest BCUT2D eigenvalue weighted by Crippen LogP contribution is 2.47. The van der Waals surface area contributed by atoms with E-state index in [9.17, 15) is 18.3 Å². The Bertz CT molecular complexity index is 1210. The average molecular weight is 459 g/mol. The number of ether oxygens (including phenoxy) is 2. The Morgan fingerprint density at radius 2 is 1.81 bits per heavy atom. The number of hydrogen-bond donors (Lipinski definition) is 1. The molecule has 7 nitrogen and oxygen atoms in total. The highest BCUT2D eigenvalue weighted by molar-refractivity contribution is 7.87. The lowest BCUT2D eigenvalue weighted by atomic mass is 9.93. The van der Waals surface area contributed by atoms with E-state index < -0.39 is 28.3 Å². The lowest BCUT2D eigenvalue weighted by Crippen LogP contribution is -2.13. The zero-order chi connectivity index (χ0) is 23.2. The van der Waals surface area contributed by atoms with E-state index in [4.69, 9.17) is 13.7 Å². The Morgan fingerprint density at radius 1 is 1.12 bits per heavy atom. The van der Waals surface area contributed by atoms with Crippen LogP contribution in [-0.2, 0) is 14.9 Å². The van der Waals surface area contributed by atoms with Crippen LogP contribution >= 0.6 is 0 Å². The summed E-state index contributed by atoms with van der Waals surface area (Å²) >= 11 is 0.